The summed E-state index contributed by atoms with van der Waals surface area (Å²) in [6, 6.07) is 12.9. The normalized spacial score (nSPS) is 15.1. The Balaban J connectivity index is 1.65. The van der Waals surface area contributed by atoms with Gasteiger partial charge in [-0.3, -0.25) is 9.59 Å². The number of ether oxygens (including phenoxy) is 1. The maximum atomic E-state index is 14.1. The van der Waals surface area contributed by atoms with E-state index in [1.54, 1.807) is 37.4 Å². The predicted octanol–water partition coefficient (Wildman–Crippen LogP) is 5.53. The standard InChI is InChI=1S/C24H23FN2O3S/c1-14-7-12-18-20(13-14)31-24(27-22(28)17-5-3-4-6-19(17)25)21(18)23(29)26-15-8-10-16(30-2)11-9-15/h3-6,8-11,14H,7,12-13H2,1-2H3,(H,26,29)(H,27,28)/t14-/m0/s1. The number of amides is 2. The molecule has 7 heteroatoms. The van der Waals surface area contributed by atoms with Crippen LogP contribution < -0.4 is 15.4 Å². The molecule has 2 amide bonds. The fraction of sp³-hybridized carbons (Fsp3) is 0.250. The quantitative estimate of drug-likeness (QED) is 0.551. The summed E-state index contributed by atoms with van der Waals surface area (Å²) in [4.78, 5) is 27.1. The summed E-state index contributed by atoms with van der Waals surface area (Å²) >= 11 is 1.40. The number of hydrogen-bond donors (Lipinski definition) is 2. The summed E-state index contributed by atoms with van der Waals surface area (Å²) in [5, 5.41) is 6.15. The molecule has 0 unspecified atom stereocenters. The van der Waals surface area contributed by atoms with E-state index in [0.717, 1.165) is 29.7 Å². The van der Waals surface area contributed by atoms with E-state index in [9.17, 15) is 14.0 Å². The Morgan fingerprint density at radius 2 is 1.81 bits per heavy atom. The lowest BCUT2D eigenvalue weighted by atomic mass is 9.88. The van der Waals surface area contributed by atoms with Crippen molar-refractivity contribution in [2.45, 2.75) is 26.2 Å². The lowest BCUT2D eigenvalue weighted by Gasteiger charge is -2.18. The van der Waals surface area contributed by atoms with Crippen LogP contribution >= 0.6 is 11.3 Å². The number of carbonyl (C=O) groups excluding carboxylic acids is 2. The van der Waals surface area contributed by atoms with Gasteiger partial charge in [0.15, 0.2) is 0 Å². The van der Waals surface area contributed by atoms with E-state index in [1.807, 2.05) is 0 Å². The van der Waals surface area contributed by atoms with Crippen molar-refractivity contribution in [2.24, 2.45) is 5.92 Å². The zero-order valence-electron chi connectivity index (χ0n) is 17.3. The lowest BCUT2D eigenvalue weighted by Crippen LogP contribution is -2.19. The molecule has 0 radical (unpaired) electrons. The van der Waals surface area contributed by atoms with Crippen LogP contribution in [0.25, 0.3) is 0 Å². The summed E-state index contributed by atoms with van der Waals surface area (Å²) in [5.74, 6) is -0.250. The van der Waals surface area contributed by atoms with Gasteiger partial charge >= 0.3 is 0 Å². The van der Waals surface area contributed by atoms with Crippen molar-refractivity contribution in [1.29, 1.82) is 0 Å². The minimum atomic E-state index is -0.598. The number of rotatable bonds is 5. The van der Waals surface area contributed by atoms with Crippen molar-refractivity contribution in [3.05, 3.63) is 75.9 Å². The Labute approximate surface area is 184 Å². The molecule has 1 aliphatic carbocycles. The van der Waals surface area contributed by atoms with Gasteiger partial charge in [-0.25, -0.2) is 4.39 Å². The Morgan fingerprint density at radius 3 is 2.52 bits per heavy atom. The van der Waals surface area contributed by atoms with Gasteiger partial charge in [0.2, 0.25) is 0 Å². The largest absolute Gasteiger partial charge is 0.497 e. The van der Waals surface area contributed by atoms with Crippen molar-refractivity contribution in [1.82, 2.24) is 0 Å². The molecule has 1 aliphatic rings. The van der Waals surface area contributed by atoms with Crippen molar-refractivity contribution in [3.63, 3.8) is 0 Å². The third kappa shape index (κ3) is 4.46. The van der Waals surface area contributed by atoms with Gasteiger partial charge in [-0.2, -0.15) is 0 Å². The van der Waals surface area contributed by atoms with Crippen LogP contribution in [-0.4, -0.2) is 18.9 Å². The number of hydrogen-bond acceptors (Lipinski definition) is 4. The summed E-state index contributed by atoms with van der Waals surface area (Å²) in [6.07, 6.45) is 2.61. The maximum Gasteiger partial charge on any atom is 0.259 e. The van der Waals surface area contributed by atoms with Gasteiger partial charge in [0.25, 0.3) is 11.8 Å². The highest BCUT2D eigenvalue weighted by atomic mass is 32.1. The number of fused-ring (bicyclic) bond motifs is 1. The van der Waals surface area contributed by atoms with E-state index < -0.39 is 11.7 Å². The number of anilines is 2. The Kier molecular flexibility index (Phi) is 6.04. The molecule has 160 valence electrons. The molecular weight excluding hydrogens is 415 g/mol. The third-order valence-electron chi connectivity index (χ3n) is 5.43. The summed E-state index contributed by atoms with van der Waals surface area (Å²) < 4.78 is 19.2. The van der Waals surface area contributed by atoms with E-state index in [2.05, 4.69) is 17.6 Å². The molecule has 0 saturated carbocycles. The van der Waals surface area contributed by atoms with Gasteiger partial charge in [0.05, 0.1) is 18.2 Å². The van der Waals surface area contributed by atoms with Crippen LogP contribution in [0.4, 0.5) is 15.1 Å². The van der Waals surface area contributed by atoms with Crippen LogP contribution in [0.3, 0.4) is 0 Å². The molecule has 0 aliphatic heterocycles. The van der Waals surface area contributed by atoms with Gasteiger partial charge in [-0.15, -0.1) is 11.3 Å². The lowest BCUT2D eigenvalue weighted by molar-refractivity contribution is 0.102. The third-order valence-corrected chi connectivity index (χ3v) is 6.60. The minimum absolute atomic E-state index is 0.0521. The molecular formula is C24H23FN2O3S. The summed E-state index contributed by atoms with van der Waals surface area (Å²) in [5.41, 5.74) is 2.01. The number of thiophene rings is 1. The van der Waals surface area contributed by atoms with Crippen LogP contribution in [-0.2, 0) is 12.8 Å². The molecule has 1 aromatic heterocycles. The Hall–Kier alpha value is -3.19. The minimum Gasteiger partial charge on any atom is -0.497 e. The molecule has 0 saturated heterocycles. The molecule has 0 fully saturated rings. The Morgan fingerprint density at radius 1 is 1.06 bits per heavy atom. The fourth-order valence-electron chi connectivity index (χ4n) is 3.76. The smallest absolute Gasteiger partial charge is 0.259 e. The first-order valence-electron chi connectivity index (χ1n) is 10.1. The predicted molar refractivity (Wildman–Crippen MR) is 121 cm³/mol. The average Bonchev–Trinajstić information content (AvgIpc) is 3.11. The molecule has 4 rings (SSSR count). The molecule has 0 bridgehead atoms. The first-order chi connectivity index (χ1) is 15.0. The second kappa shape index (κ2) is 8.89. The average molecular weight is 439 g/mol. The van der Waals surface area contributed by atoms with E-state index in [-0.39, 0.29) is 11.5 Å². The van der Waals surface area contributed by atoms with Gasteiger partial charge in [-0.1, -0.05) is 19.1 Å². The van der Waals surface area contributed by atoms with E-state index in [0.29, 0.717) is 27.9 Å². The van der Waals surface area contributed by atoms with E-state index in [4.69, 9.17) is 4.74 Å². The second-order valence-corrected chi connectivity index (χ2v) is 8.78. The highest BCUT2D eigenvalue weighted by molar-refractivity contribution is 7.17. The van der Waals surface area contributed by atoms with Gasteiger partial charge in [0, 0.05) is 10.6 Å². The van der Waals surface area contributed by atoms with Crippen LogP contribution in [0.5, 0.6) is 5.75 Å². The zero-order chi connectivity index (χ0) is 22.0. The molecule has 2 N–H and O–H groups in total. The first kappa shape index (κ1) is 21.1. The monoisotopic (exact) mass is 438 g/mol. The fourth-order valence-corrected chi connectivity index (χ4v) is 5.17. The number of nitrogens with one attached hydrogen (secondary N) is 2. The molecule has 2 aromatic carbocycles. The number of methoxy groups -OCH3 is 1. The molecule has 1 atom stereocenters. The molecule has 3 aromatic rings. The van der Waals surface area contributed by atoms with Crippen molar-refractivity contribution in [2.75, 3.05) is 17.7 Å². The van der Waals surface area contributed by atoms with Crippen LogP contribution in [0.2, 0.25) is 0 Å². The van der Waals surface area contributed by atoms with Crippen LogP contribution in [0, 0.1) is 11.7 Å². The van der Waals surface area contributed by atoms with Crippen molar-refractivity contribution >= 4 is 33.8 Å². The SMILES string of the molecule is COc1ccc(NC(=O)c2c(NC(=O)c3ccccc3F)sc3c2CC[C@H](C)C3)cc1. The highest BCUT2D eigenvalue weighted by Gasteiger charge is 2.29. The first-order valence-corrected chi connectivity index (χ1v) is 10.9. The van der Waals surface area contributed by atoms with E-state index >= 15 is 0 Å². The molecule has 31 heavy (non-hydrogen) atoms. The topological polar surface area (TPSA) is 67.4 Å². The molecule has 0 spiro atoms. The molecule has 1 heterocycles. The van der Waals surface area contributed by atoms with E-state index in [1.165, 1.54) is 29.5 Å². The van der Waals surface area contributed by atoms with Gasteiger partial charge in [0.1, 0.15) is 16.6 Å². The summed E-state index contributed by atoms with van der Waals surface area (Å²) in [6.45, 7) is 2.18. The summed E-state index contributed by atoms with van der Waals surface area (Å²) in [7, 11) is 1.58. The van der Waals surface area contributed by atoms with Gasteiger partial charge < -0.3 is 15.4 Å². The van der Waals surface area contributed by atoms with Crippen LogP contribution in [0.1, 0.15) is 44.5 Å². The van der Waals surface area contributed by atoms with Crippen LogP contribution in [0.15, 0.2) is 48.5 Å². The number of halogens is 1. The second-order valence-electron chi connectivity index (χ2n) is 7.67. The maximum absolute atomic E-state index is 14.1. The molecule has 5 nitrogen and oxygen atoms in total. The number of carbonyl (C=O) groups is 2. The number of benzene rings is 2. The van der Waals surface area contributed by atoms with Crippen molar-refractivity contribution < 1.29 is 18.7 Å². The zero-order valence-corrected chi connectivity index (χ0v) is 18.1. The Bertz CT molecular complexity index is 1120. The highest BCUT2D eigenvalue weighted by Crippen LogP contribution is 2.40. The van der Waals surface area contributed by atoms with Gasteiger partial charge in [-0.05, 0) is 67.1 Å². The van der Waals surface area contributed by atoms with Crippen molar-refractivity contribution in [3.8, 4) is 5.75 Å².